The summed E-state index contributed by atoms with van der Waals surface area (Å²) in [7, 11) is 3.21. The second-order valence-electron chi connectivity index (χ2n) is 14.0. The first-order chi connectivity index (χ1) is 27.9. The van der Waals surface area contributed by atoms with Gasteiger partial charge in [-0.3, -0.25) is 10.1 Å². The van der Waals surface area contributed by atoms with Crippen LogP contribution in [0.15, 0.2) is 102 Å². The number of aromatic amines is 2. The van der Waals surface area contributed by atoms with Crippen LogP contribution in [-0.2, 0) is 0 Å². The summed E-state index contributed by atoms with van der Waals surface area (Å²) in [6, 6.07) is 26.8. The lowest BCUT2D eigenvalue weighted by molar-refractivity contribution is -0.385. The third kappa shape index (κ3) is 11.9. The summed E-state index contributed by atoms with van der Waals surface area (Å²) in [5.74, 6) is 2.51. The van der Waals surface area contributed by atoms with Crippen molar-refractivity contribution in [2.75, 3.05) is 72.0 Å². The molecule has 0 saturated carbocycles. The number of nitrogens with zero attached hydrogens (tertiary/aromatic N) is 3. The molecule has 13 heteroatoms. The van der Waals surface area contributed by atoms with Crippen molar-refractivity contribution in [3.05, 3.63) is 112 Å². The highest BCUT2D eigenvalue weighted by Gasteiger charge is 2.15. The van der Waals surface area contributed by atoms with Gasteiger partial charge < -0.3 is 44.0 Å². The van der Waals surface area contributed by atoms with Crippen molar-refractivity contribution in [1.29, 1.82) is 0 Å². The molecular formula is C44H53BrN6O6. The molecule has 0 aliphatic carbocycles. The van der Waals surface area contributed by atoms with E-state index < -0.39 is 4.92 Å². The number of nitrogens with one attached hydrogen (secondary N) is 3. The lowest BCUT2D eigenvalue weighted by Crippen LogP contribution is -2.21. The van der Waals surface area contributed by atoms with Crippen LogP contribution in [0.25, 0.3) is 21.8 Å². The average Bonchev–Trinajstić information content (AvgIpc) is 4.08. The van der Waals surface area contributed by atoms with Crippen LogP contribution in [-0.4, -0.2) is 91.4 Å². The van der Waals surface area contributed by atoms with E-state index in [1.165, 1.54) is 87.4 Å². The molecule has 4 aromatic carbocycles. The number of nitro benzene ring substituents is 1. The monoisotopic (exact) mass is 840 g/mol. The van der Waals surface area contributed by atoms with E-state index >= 15 is 0 Å². The van der Waals surface area contributed by atoms with E-state index in [-0.39, 0.29) is 5.69 Å². The van der Waals surface area contributed by atoms with Gasteiger partial charge in [-0.2, -0.15) is 0 Å². The number of halogens is 1. The Hall–Kier alpha value is -5.24. The summed E-state index contributed by atoms with van der Waals surface area (Å²) in [5.41, 5.74) is 4.36. The van der Waals surface area contributed by atoms with E-state index in [0.717, 1.165) is 58.8 Å². The smallest absolute Gasteiger partial charge is 0.273 e. The van der Waals surface area contributed by atoms with E-state index in [1.807, 2.05) is 48.8 Å². The van der Waals surface area contributed by atoms with Crippen molar-refractivity contribution in [3.63, 3.8) is 0 Å². The number of likely N-dealkylation sites (tertiary alicyclic amines) is 2. The maximum Gasteiger partial charge on any atom is 0.273 e. The maximum absolute atomic E-state index is 10.8. The van der Waals surface area contributed by atoms with E-state index in [1.54, 1.807) is 13.2 Å². The van der Waals surface area contributed by atoms with Gasteiger partial charge >= 0.3 is 0 Å². The first-order valence-electron chi connectivity index (χ1n) is 19.7. The fourth-order valence-electron chi connectivity index (χ4n) is 7.11. The average molecular weight is 842 g/mol. The zero-order valence-corrected chi connectivity index (χ0v) is 34.4. The Bertz CT molecular complexity index is 2160. The number of aromatic nitrogens is 2. The van der Waals surface area contributed by atoms with Gasteiger partial charge in [0.25, 0.3) is 5.69 Å². The summed E-state index contributed by atoms with van der Waals surface area (Å²) < 4.78 is 23.4. The summed E-state index contributed by atoms with van der Waals surface area (Å²) >= 11 is 3.46. The standard InChI is InChI=1S/C22H27N3O2.C14H20N2O4.C8H6BrN/c1-26-21-9-8-17(24-20-7-4-6-19-18(20)10-11-23-19)16-22(21)27-15-5-14-25-12-2-3-13-25;1-19-13-6-5-12(16(17)18)11-14(13)20-10-4-9-15-7-2-3-8-15;9-7-2-1-3-8-6(7)4-5-10-8/h4,6-11,16,23-24H,2-3,5,12-15H2,1H3;5-6,11H,2-4,7-10H2,1H3;1-5,10H. The van der Waals surface area contributed by atoms with Crippen LogP contribution < -0.4 is 24.3 Å². The van der Waals surface area contributed by atoms with E-state index in [4.69, 9.17) is 18.9 Å². The molecule has 2 aliphatic rings. The molecule has 2 aromatic heterocycles. The number of non-ortho nitro benzene ring substituents is 1. The van der Waals surface area contributed by atoms with E-state index in [9.17, 15) is 10.1 Å². The Morgan fingerprint density at radius 3 is 1.81 bits per heavy atom. The third-order valence-corrected chi connectivity index (χ3v) is 10.8. The van der Waals surface area contributed by atoms with Gasteiger partial charge in [0, 0.05) is 75.3 Å². The Kier molecular flexibility index (Phi) is 15.5. The van der Waals surface area contributed by atoms with Crippen LogP contribution in [0, 0.1) is 10.1 Å². The summed E-state index contributed by atoms with van der Waals surface area (Å²) in [6.45, 7) is 8.14. The Balaban J connectivity index is 0.000000160. The predicted octanol–water partition coefficient (Wildman–Crippen LogP) is 10.2. The molecule has 2 aliphatic heterocycles. The number of benzene rings is 4. The number of hydrogen-bond donors (Lipinski definition) is 3. The molecule has 0 unspecified atom stereocenters. The molecule has 0 amide bonds. The van der Waals surface area contributed by atoms with Crippen molar-refractivity contribution in [3.8, 4) is 23.0 Å². The number of nitro groups is 1. The van der Waals surface area contributed by atoms with E-state index in [0.29, 0.717) is 24.7 Å². The first kappa shape index (κ1) is 41.4. The second-order valence-corrected chi connectivity index (χ2v) is 14.9. The zero-order chi connectivity index (χ0) is 39.8. The third-order valence-electron chi connectivity index (χ3n) is 10.1. The van der Waals surface area contributed by atoms with E-state index in [2.05, 4.69) is 71.3 Å². The minimum absolute atomic E-state index is 0.0142. The molecular weight excluding hydrogens is 788 g/mol. The summed E-state index contributed by atoms with van der Waals surface area (Å²) in [6.07, 6.45) is 11.1. The maximum atomic E-state index is 10.8. The molecule has 6 aromatic rings. The highest BCUT2D eigenvalue weighted by molar-refractivity contribution is 9.10. The normalized spacial score (nSPS) is 14.1. The lowest BCUT2D eigenvalue weighted by Gasteiger charge is -2.16. The molecule has 0 spiro atoms. The van der Waals surface area contributed by atoms with Gasteiger partial charge in [-0.05, 0) is 119 Å². The highest BCUT2D eigenvalue weighted by atomic mass is 79.9. The van der Waals surface area contributed by atoms with Crippen molar-refractivity contribution in [2.45, 2.75) is 38.5 Å². The number of anilines is 2. The molecule has 8 rings (SSSR count). The van der Waals surface area contributed by atoms with Crippen LogP contribution in [0.5, 0.6) is 23.0 Å². The molecule has 12 nitrogen and oxygen atoms in total. The van der Waals surface area contributed by atoms with Crippen molar-refractivity contribution in [2.24, 2.45) is 0 Å². The van der Waals surface area contributed by atoms with Crippen molar-refractivity contribution in [1.82, 2.24) is 19.8 Å². The molecule has 0 radical (unpaired) electrons. The molecule has 4 heterocycles. The number of methoxy groups -OCH3 is 2. The molecule has 2 fully saturated rings. The van der Waals surface area contributed by atoms with Crippen LogP contribution in [0.3, 0.4) is 0 Å². The molecule has 57 heavy (non-hydrogen) atoms. The number of rotatable bonds is 15. The van der Waals surface area contributed by atoms with Gasteiger partial charge in [-0.1, -0.05) is 28.1 Å². The summed E-state index contributed by atoms with van der Waals surface area (Å²) in [5, 5.41) is 16.7. The highest BCUT2D eigenvalue weighted by Crippen LogP contribution is 2.34. The SMILES string of the molecule is Brc1cccc2[nH]ccc12.COc1ccc(Nc2cccc3[nH]ccc23)cc1OCCCN1CCCC1.COc1ccc([N+](=O)[O-])cc1OCCCN1CCCC1. The fraction of sp³-hybridized carbons (Fsp3) is 0.364. The quantitative estimate of drug-likeness (QED) is 0.0526. The Morgan fingerprint density at radius 1 is 0.684 bits per heavy atom. The molecule has 0 atom stereocenters. The van der Waals surface area contributed by atoms with Gasteiger partial charge in [0.15, 0.2) is 23.0 Å². The van der Waals surface area contributed by atoms with Gasteiger partial charge in [0.05, 0.1) is 38.4 Å². The van der Waals surface area contributed by atoms with Crippen LogP contribution >= 0.6 is 15.9 Å². The fourth-order valence-corrected chi connectivity index (χ4v) is 7.61. The van der Waals surface area contributed by atoms with Crippen LogP contribution in [0.1, 0.15) is 38.5 Å². The number of H-pyrrole nitrogens is 2. The minimum Gasteiger partial charge on any atom is -0.493 e. The van der Waals surface area contributed by atoms with Gasteiger partial charge in [0.2, 0.25) is 0 Å². The number of fused-ring (bicyclic) bond motifs is 2. The molecule has 2 saturated heterocycles. The number of hydrogen-bond acceptors (Lipinski definition) is 9. The molecule has 302 valence electrons. The molecule has 3 N–H and O–H groups in total. The Morgan fingerprint density at radius 2 is 1.23 bits per heavy atom. The Labute approximate surface area is 342 Å². The predicted molar refractivity (Wildman–Crippen MR) is 232 cm³/mol. The van der Waals surface area contributed by atoms with Crippen molar-refractivity contribution < 1.29 is 23.9 Å². The first-order valence-corrected chi connectivity index (χ1v) is 20.5. The van der Waals surface area contributed by atoms with Crippen LogP contribution in [0.2, 0.25) is 0 Å². The number of ether oxygens (including phenoxy) is 4. The van der Waals surface area contributed by atoms with Crippen LogP contribution in [0.4, 0.5) is 17.1 Å². The summed E-state index contributed by atoms with van der Waals surface area (Å²) in [4.78, 5) is 21.6. The molecule has 0 bridgehead atoms. The second kappa shape index (κ2) is 21.3. The lowest BCUT2D eigenvalue weighted by atomic mass is 10.2. The minimum atomic E-state index is -0.434. The van der Waals surface area contributed by atoms with Gasteiger partial charge in [-0.25, -0.2) is 0 Å². The van der Waals surface area contributed by atoms with Gasteiger partial charge in [0.1, 0.15) is 0 Å². The topological polar surface area (TPSA) is 130 Å². The van der Waals surface area contributed by atoms with Gasteiger partial charge in [-0.15, -0.1) is 0 Å². The van der Waals surface area contributed by atoms with Crippen molar-refractivity contribution >= 4 is 54.8 Å². The largest absolute Gasteiger partial charge is 0.493 e. The zero-order valence-electron chi connectivity index (χ0n) is 32.8.